The van der Waals surface area contributed by atoms with Gasteiger partial charge in [-0.1, -0.05) is 11.8 Å². The molecule has 16 heavy (non-hydrogen) atoms. The Hall–Kier alpha value is -2.15. The summed E-state index contributed by atoms with van der Waals surface area (Å²) in [5.41, 5.74) is 1.07. The third kappa shape index (κ3) is 3.93. The van der Waals surface area contributed by atoms with Crippen molar-refractivity contribution in [3.8, 4) is 11.8 Å². The average Bonchev–Trinajstić information content (AvgIpc) is 2.30. The van der Waals surface area contributed by atoms with E-state index in [0.29, 0.717) is 24.0 Å². The number of pyridine rings is 1. The fourth-order valence-corrected chi connectivity index (χ4v) is 1.02. The monoisotopic (exact) mass is 217 g/mol. The lowest BCUT2D eigenvalue weighted by Gasteiger charge is -1.94. The molecule has 0 aliphatic rings. The number of carbonyl (C=O) groups excluding carboxylic acids is 2. The number of nitrogens with zero attached hydrogens (tertiary/aromatic N) is 1. The van der Waals surface area contributed by atoms with Crippen LogP contribution in [-0.2, 0) is 9.53 Å². The van der Waals surface area contributed by atoms with Crippen molar-refractivity contribution < 1.29 is 14.3 Å². The van der Waals surface area contributed by atoms with E-state index in [1.54, 1.807) is 13.0 Å². The van der Waals surface area contributed by atoms with Gasteiger partial charge >= 0.3 is 5.97 Å². The molecule has 0 aliphatic carbocycles. The van der Waals surface area contributed by atoms with Crippen molar-refractivity contribution in [1.82, 2.24) is 4.98 Å². The second-order valence-corrected chi connectivity index (χ2v) is 2.91. The molecule has 0 unspecified atom stereocenters. The number of ether oxygens (including phenoxy) is 1. The molecule has 1 aromatic rings. The average molecular weight is 217 g/mol. The summed E-state index contributed by atoms with van der Waals surface area (Å²) in [6, 6.07) is 1.61. The third-order valence-corrected chi connectivity index (χ3v) is 1.67. The van der Waals surface area contributed by atoms with Gasteiger partial charge in [0.2, 0.25) is 0 Å². The molecule has 4 nitrogen and oxygen atoms in total. The number of rotatable bonds is 3. The van der Waals surface area contributed by atoms with Crippen molar-refractivity contribution in [1.29, 1.82) is 0 Å². The largest absolute Gasteiger partial charge is 0.465 e. The van der Waals surface area contributed by atoms with Crippen molar-refractivity contribution in [3.63, 3.8) is 0 Å². The predicted molar refractivity (Wildman–Crippen MR) is 57.8 cm³/mol. The van der Waals surface area contributed by atoms with Gasteiger partial charge in [-0.3, -0.25) is 14.6 Å². The minimum absolute atomic E-state index is 0.0408. The molecule has 0 spiro atoms. The van der Waals surface area contributed by atoms with Crippen molar-refractivity contribution in [2.75, 3.05) is 6.61 Å². The summed E-state index contributed by atoms with van der Waals surface area (Å²) < 4.78 is 4.71. The summed E-state index contributed by atoms with van der Waals surface area (Å²) in [6.45, 7) is 2.09. The Labute approximate surface area is 93.6 Å². The molecule has 0 amide bonds. The SMILES string of the molecule is CCOC(=O)CC#Cc1cncc(C=O)c1. The minimum Gasteiger partial charge on any atom is -0.465 e. The van der Waals surface area contributed by atoms with E-state index in [-0.39, 0.29) is 12.4 Å². The van der Waals surface area contributed by atoms with Gasteiger partial charge in [-0.15, -0.1) is 0 Å². The van der Waals surface area contributed by atoms with Crippen LogP contribution in [0.3, 0.4) is 0 Å². The molecular formula is C12H11NO3. The van der Waals surface area contributed by atoms with E-state index in [0.717, 1.165) is 0 Å². The summed E-state index contributed by atoms with van der Waals surface area (Å²) in [5, 5.41) is 0. The fraction of sp³-hybridized carbons (Fsp3) is 0.250. The predicted octanol–water partition coefficient (Wildman–Crippen LogP) is 1.20. The fourth-order valence-electron chi connectivity index (χ4n) is 1.02. The highest BCUT2D eigenvalue weighted by molar-refractivity contribution is 5.75. The maximum absolute atomic E-state index is 11.0. The Morgan fingerprint density at radius 2 is 2.38 bits per heavy atom. The molecule has 0 aromatic carbocycles. The number of carbonyl (C=O) groups is 2. The van der Waals surface area contributed by atoms with Crippen molar-refractivity contribution in [3.05, 3.63) is 29.6 Å². The van der Waals surface area contributed by atoms with Crippen molar-refractivity contribution in [2.24, 2.45) is 0 Å². The first-order valence-corrected chi connectivity index (χ1v) is 4.81. The van der Waals surface area contributed by atoms with Gasteiger partial charge in [0.1, 0.15) is 6.42 Å². The van der Waals surface area contributed by atoms with Crippen LogP contribution in [0.15, 0.2) is 18.5 Å². The van der Waals surface area contributed by atoms with Gasteiger partial charge in [-0.25, -0.2) is 0 Å². The van der Waals surface area contributed by atoms with Gasteiger partial charge in [0.15, 0.2) is 6.29 Å². The standard InChI is InChI=1S/C12H11NO3/c1-2-16-12(15)5-3-4-10-6-11(9-14)8-13-7-10/h6-9H,2,5H2,1H3. The van der Waals surface area contributed by atoms with Gasteiger partial charge in [0.25, 0.3) is 0 Å². The van der Waals surface area contributed by atoms with E-state index in [2.05, 4.69) is 16.8 Å². The lowest BCUT2D eigenvalue weighted by Crippen LogP contribution is -2.01. The minimum atomic E-state index is -0.352. The molecule has 0 N–H and O–H groups in total. The van der Waals surface area contributed by atoms with Gasteiger partial charge in [0, 0.05) is 23.5 Å². The van der Waals surface area contributed by atoms with Gasteiger partial charge in [-0.2, -0.15) is 0 Å². The first-order valence-electron chi connectivity index (χ1n) is 4.81. The molecule has 0 radical (unpaired) electrons. The van der Waals surface area contributed by atoms with Crippen LogP contribution in [0.5, 0.6) is 0 Å². The molecular weight excluding hydrogens is 206 g/mol. The highest BCUT2D eigenvalue weighted by Crippen LogP contribution is 1.98. The Bertz CT molecular complexity index is 443. The number of aldehydes is 1. The molecule has 0 saturated carbocycles. The Kier molecular flexibility index (Phi) is 4.74. The Morgan fingerprint density at radius 3 is 3.06 bits per heavy atom. The van der Waals surface area contributed by atoms with Crippen LogP contribution in [0, 0.1) is 11.8 Å². The summed E-state index contributed by atoms with van der Waals surface area (Å²) >= 11 is 0. The van der Waals surface area contributed by atoms with E-state index in [1.165, 1.54) is 12.4 Å². The molecule has 0 bridgehead atoms. The number of esters is 1. The molecule has 4 heteroatoms. The van der Waals surface area contributed by atoms with Crippen LogP contribution in [0.2, 0.25) is 0 Å². The van der Waals surface area contributed by atoms with Gasteiger partial charge in [0.05, 0.1) is 6.61 Å². The van der Waals surface area contributed by atoms with Crippen LogP contribution in [0.25, 0.3) is 0 Å². The highest BCUT2D eigenvalue weighted by Gasteiger charge is 1.96. The molecule has 0 atom stereocenters. The van der Waals surface area contributed by atoms with Crippen LogP contribution in [-0.4, -0.2) is 23.8 Å². The molecule has 0 fully saturated rings. The number of aromatic nitrogens is 1. The Balaban J connectivity index is 2.62. The second-order valence-electron chi connectivity index (χ2n) is 2.91. The molecule has 82 valence electrons. The first kappa shape index (κ1) is 11.9. The van der Waals surface area contributed by atoms with E-state index in [1.807, 2.05) is 0 Å². The van der Waals surface area contributed by atoms with Crippen LogP contribution in [0.1, 0.15) is 29.3 Å². The zero-order chi connectivity index (χ0) is 11.8. The Morgan fingerprint density at radius 1 is 1.56 bits per heavy atom. The number of hydrogen-bond acceptors (Lipinski definition) is 4. The third-order valence-electron chi connectivity index (χ3n) is 1.67. The van der Waals surface area contributed by atoms with Gasteiger partial charge in [-0.05, 0) is 13.0 Å². The summed E-state index contributed by atoms with van der Waals surface area (Å²) in [4.78, 5) is 25.3. The smallest absolute Gasteiger partial charge is 0.317 e. The molecule has 1 aromatic heterocycles. The number of hydrogen-bond donors (Lipinski definition) is 0. The zero-order valence-corrected chi connectivity index (χ0v) is 8.90. The molecule has 1 rings (SSSR count). The quantitative estimate of drug-likeness (QED) is 0.433. The maximum atomic E-state index is 11.0. The highest BCUT2D eigenvalue weighted by atomic mass is 16.5. The normalized spacial score (nSPS) is 8.81. The van der Waals surface area contributed by atoms with Crippen molar-refractivity contribution >= 4 is 12.3 Å². The van der Waals surface area contributed by atoms with Crippen LogP contribution >= 0.6 is 0 Å². The molecule has 0 aliphatic heterocycles. The second kappa shape index (κ2) is 6.36. The van der Waals surface area contributed by atoms with E-state index in [9.17, 15) is 9.59 Å². The molecule has 0 saturated heterocycles. The maximum Gasteiger partial charge on any atom is 0.317 e. The van der Waals surface area contributed by atoms with E-state index >= 15 is 0 Å². The summed E-state index contributed by atoms with van der Waals surface area (Å²) in [5.74, 6) is 5.04. The lowest BCUT2D eigenvalue weighted by atomic mass is 10.2. The lowest BCUT2D eigenvalue weighted by molar-refractivity contribution is -0.141. The summed E-state index contributed by atoms with van der Waals surface area (Å²) in [7, 11) is 0. The van der Waals surface area contributed by atoms with E-state index < -0.39 is 0 Å². The first-order chi connectivity index (χ1) is 7.76. The van der Waals surface area contributed by atoms with E-state index in [4.69, 9.17) is 4.74 Å². The summed E-state index contributed by atoms with van der Waals surface area (Å²) in [6.07, 6.45) is 3.72. The van der Waals surface area contributed by atoms with Crippen molar-refractivity contribution in [2.45, 2.75) is 13.3 Å². The van der Waals surface area contributed by atoms with Crippen LogP contribution < -0.4 is 0 Å². The molecule has 1 heterocycles. The zero-order valence-electron chi connectivity index (χ0n) is 8.90. The van der Waals surface area contributed by atoms with Gasteiger partial charge < -0.3 is 4.74 Å². The van der Waals surface area contributed by atoms with Crippen LogP contribution in [0.4, 0.5) is 0 Å². The topological polar surface area (TPSA) is 56.3 Å².